The molecule has 0 bridgehead atoms. The minimum atomic E-state index is -1.02. The summed E-state index contributed by atoms with van der Waals surface area (Å²) in [5.74, 6) is -1.02. The lowest BCUT2D eigenvalue weighted by atomic mass is 10.0. The Kier molecular flexibility index (Phi) is 5.61. The summed E-state index contributed by atoms with van der Waals surface area (Å²) < 4.78 is 15.1. The van der Waals surface area contributed by atoms with E-state index in [0.717, 1.165) is 16.7 Å². The highest BCUT2D eigenvalue weighted by atomic mass is 19.1. The molecule has 0 radical (unpaired) electrons. The summed E-state index contributed by atoms with van der Waals surface area (Å²) in [6, 6.07) is 21.9. The van der Waals surface area contributed by atoms with Gasteiger partial charge in [0.15, 0.2) is 6.04 Å². The predicted molar refractivity (Wildman–Crippen MR) is 126 cm³/mol. The lowest BCUT2D eigenvalue weighted by Crippen LogP contribution is -2.29. The summed E-state index contributed by atoms with van der Waals surface area (Å²) in [7, 11) is 0. The lowest BCUT2D eigenvalue weighted by Gasteiger charge is -2.17. The first-order valence-electron chi connectivity index (χ1n) is 10.5. The van der Waals surface area contributed by atoms with E-state index in [1.807, 2.05) is 36.4 Å². The monoisotopic (exact) mass is 450 g/mol. The second kappa shape index (κ2) is 9.03. The molecule has 8 heteroatoms. The van der Waals surface area contributed by atoms with Crippen LogP contribution in [0.4, 0.5) is 4.39 Å². The Morgan fingerprint density at radius 1 is 0.824 bits per heavy atom. The molecule has 34 heavy (non-hydrogen) atoms. The van der Waals surface area contributed by atoms with Crippen LogP contribution < -0.4 is 5.73 Å². The first kappa shape index (κ1) is 21.1. The molecular formula is C26H19FN6O. The molecule has 2 N–H and O–H groups in total. The summed E-state index contributed by atoms with van der Waals surface area (Å²) in [6.07, 6.45) is 4.97. The van der Waals surface area contributed by atoms with Crippen LogP contribution in [0.25, 0.3) is 33.6 Å². The fraction of sp³-hybridized carbons (Fsp3) is 0.0385. The third-order valence-corrected chi connectivity index (χ3v) is 5.45. The highest BCUT2D eigenvalue weighted by Crippen LogP contribution is 2.33. The number of nitrogens with two attached hydrogens (primary N) is 1. The van der Waals surface area contributed by atoms with E-state index < -0.39 is 11.9 Å². The van der Waals surface area contributed by atoms with Crippen LogP contribution in [0.15, 0.2) is 97.5 Å². The zero-order valence-corrected chi connectivity index (χ0v) is 17.9. The Morgan fingerprint density at radius 2 is 1.53 bits per heavy atom. The van der Waals surface area contributed by atoms with Crippen LogP contribution in [0, 0.1) is 5.82 Å². The van der Waals surface area contributed by atoms with Crippen molar-refractivity contribution in [2.45, 2.75) is 6.04 Å². The van der Waals surface area contributed by atoms with Gasteiger partial charge in [-0.15, -0.1) is 5.10 Å². The van der Waals surface area contributed by atoms with Crippen molar-refractivity contribution >= 4 is 5.91 Å². The highest BCUT2D eigenvalue weighted by molar-refractivity contribution is 5.84. The summed E-state index contributed by atoms with van der Waals surface area (Å²) >= 11 is 0. The van der Waals surface area contributed by atoms with Gasteiger partial charge in [0.25, 0.3) is 0 Å². The Morgan fingerprint density at radius 3 is 2.18 bits per heavy atom. The Balaban J connectivity index is 1.64. The Bertz CT molecular complexity index is 1420. The molecule has 3 aromatic heterocycles. The Labute approximate surface area is 194 Å². The number of nitrogens with zero attached hydrogens (tertiary/aromatic N) is 5. The number of carbonyl (C=O) groups is 1. The van der Waals surface area contributed by atoms with Crippen LogP contribution in [0.2, 0.25) is 0 Å². The molecule has 0 aliphatic carbocycles. The van der Waals surface area contributed by atoms with Crippen molar-refractivity contribution in [3.8, 4) is 33.6 Å². The summed E-state index contributed by atoms with van der Waals surface area (Å²) in [4.78, 5) is 21.2. The molecule has 1 unspecified atom stereocenters. The van der Waals surface area contributed by atoms with E-state index in [4.69, 9.17) is 5.73 Å². The van der Waals surface area contributed by atoms with Gasteiger partial charge in [-0.1, -0.05) is 41.6 Å². The lowest BCUT2D eigenvalue weighted by molar-refractivity contribution is -0.120. The molecule has 7 nitrogen and oxygen atoms in total. The first-order chi connectivity index (χ1) is 16.6. The van der Waals surface area contributed by atoms with E-state index in [1.165, 1.54) is 16.8 Å². The topological polar surface area (TPSA) is 99.6 Å². The molecular weight excluding hydrogens is 431 g/mol. The average molecular weight is 450 g/mol. The Hall–Kier alpha value is -4.72. The van der Waals surface area contributed by atoms with Gasteiger partial charge >= 0.3 is 0 Å². The molecule has 166 valence electrons. The van der Waals surface area contributed by atoms with Gasteiger partial charge in [0.1, 0.15) is 11.5 Å². The van der Waals surface area contributed by atoms with Gasteiger partial charge in [-0.2, -0.15) is 0 Å². The smallest absolute Gasteiger partial charge is 0.248 e. The third kappa shape index (κ3) is 4.04. The van der Waals surface area contributed by atoms with E-state index in [0.29, 0.717) is 22.6 Å². The number of pyridine rings is 2. The third-order valence-electron chi connectivity index (χ3n) is 5.45. The van der Waals surface area contributed by atoms with Crippen LogP contribution in [-0.4, -0.2) is 30.9 Å². The van der Waals surface area contributed by atoms with E-state index in [9.17, 15) is 9.18 Å². The van der Waals surface area contributed by atoms with Gasteiger partial charge in [0.05, 0.1) is 11.4 Å². The zero-order valence-electron chi connectivity index (χ0n) is 17.9. The van der Waals surface area contributed by atoms with Crippen LogP contribution in [0.3, 0.4) is 0 Å². The zero-order chi connectivity index (χ0) is 23.5. The molecule has 0 aliphatic heterocycles. The predicted octanol–water partition coefficient (Wildman–Crippen LogP) is 4.28. The van der Waals surface area contributed by atoms with Crippen molar-refractivity contribution in [3.63, 3.8) is 0 Å². The molecule has 5 aromatic rings. The number of carbonyl (C=O) groups excluding carboxylic acids is 1. The number of amides is 1. The van der Waals surface area contributed by atoms with E-state index in [2.05, 4.69) is 20.3 Å². The minimum absolute atomic E-state index is 0.377. The number of rotatable bonds is 6. The molecule has 2 aromatic carbocycles. The number of aromatic nitrogens is 5. The van der Waals surface area contributed by atoms with Crippen molar-refractivity contribution in [1.82, 2.24) is 25.0 Å². The SMILES string of the molecule is NC(=O)C(c1ccc(-c2ccccc2)cn1)n1nnc(-c2ccncc2)c1-c1ccc(F)cc1. The van der Waals surface area contributed by atoms with Gasteiger partial charge in [-0.25, -0.2) is 9.07 Å². The van der Waals surface area contributed by atoms with Gasteiger partial charge in [-0.3, -0.25) is 14.8 Å². The highest BCUT2D eigenvalue weighted by Gasteiger charge is 2.28. The molecule has 5 rings (SSSR count). The van der Waals surface area contributed by atoms with Crippen LogP contribution in [0.5, 0.6) is 0 Å². The van der Waals surface area contributed by atoms with Crippen LogP contribution >= 0.6 is 0 Å². The number of primary amides is 1. The van der Waals surface area contributed by atoms with Crippen molar-refractivity contribution in [3.05, 3.63) is 109 Å². The number of benzene rings is 2. The summed E-state index contributed by atoms with van der Waals surface area (Å²) in [5, 5.41) is 8.62. The quantitative estimate of drug-likeness (QED) is 0.416. The van der Waals surface area contributed by atoms with Crippen molar-refractivity contribution in [2.24, 2.45) is 5.73 Å². The summed E-state index contributed by atoms with van der Waals surface area (Å²) in [5.41, 5.74) is 10.6. The van der Waals surface area contributed by atoms with Gasteiger partial charge in [0, 0.05) is 35.3 Å². The molecule has 0 fully saturated rings. The number of hydrogen-bond acceptors (Lipinski definition) is 5. The molecule has 0 saturated carbocycles. The molecule has 0 spiro atoms. The standard InChI is InChI=1S/C26H19FN6O/c27-21-9-6-19(7-10-21)24-23(18-12-14-29-15-13-18)31-32-33(24)25(26(28)34)22-11-8-20(16-30-22)17-4-2-1-3-5-17/h1-16,25H,(H2,28,34). The second-order valence-corrected chi connectivity index (χ2v) is 7.62. The minimum Gasteiger partial charge on any atom is -0.367 e. The van der Waals surface area contributed by atoms with E-state index in [1.54, 1.807) is 48.9 Å². The average Bonchev–Trinajstić information content (AvgIpc) is 3.30. The maximum atomic E-state index is 13.7. The van der Waals surface area contributed by atoms with Crippen molar-refractivity contribution in [2.75, 3.05) is 0 Å². The van der Waals surface area contributed by atoms with Crippen LogP contribution in [0.1, 0.15) is 11.7 Å². The molecule has 0 aliphatic rings. The van der Waals surface area contributed by atoms with Gasteiger partial charge in [-0.05, 0) is 48.0 Å². The van der Waals surface area contributed by atoms with Crippen LogP contribution in [-0.2, 0) is 4.79 Å². The van der Waals surface area contributed by atoms with Gasteiger partial charge < -0.3 is 5.73 Å². The normalized spacial score (nSPS) is 11.8. The molecule has 1 amide bonds. The maximum Gasteiger partial charge on any atom is 0.248 e. The van der Waals surface area contributed by atoms with E-state index >= 15 is 0 Å². The number of hydrogen-bond donors (Lipinski definition) is 1. The summed E-state index contributed by atoms with van der Waals surface area (Å²) in [6.45, 7) is 0. The van der Waals surface area contributed by atoms with Gasteiger partial charge in [0.2, 0.25) is 5.91 Å². The molecule has 1 atom stereocenters. The largest absolute Gasteiger partial charge is 0.367 e. The maximum absolute atomic E-state index is 13.7. The first-order valence-corrected chi connectivity index (χ1v) is 10.5. The second-order valence-electron chi connectivity index (χ2n) is 7.62. The van der Waals surface area contributed by atoms with Crippen molar-refractivity contribution < 1.29 is 9.18 Å². The van der Waals surface area contributed by atoms with E-state index in [-0.39, 0.29) is 5.82 Å². The fourth-order valence-corrected chi connectivity index (χ4v) is 3.82. The molecule has 0 saturated heterocycles. The fourth-order valence-electron chi connectivity index (χ4n) is 3.82. The number of halogens is 1. The van der Waals surface area contributed by atoms with Crippen molar-refractivity contribution in [1.29, 1.82) is 0 Å². The molecule has 3 heterocycles.